The van der Waals surface area contributed by atoms with E-state index < -0.39 is 0 Å². The molecule has 0 saturated carbocycles. The number of hydrogen-bond donors (Lipinski definition) is 0. The Kier molecular flexibility index (Phi) is 4.52. The van der Waals surface area contributed by atoms with Gasteiger partial charge in [-0.2, -0.15) is 0 Å². The van der Waals surface area contributed by atoms with Crippen molar-refractivity contribution in [2.24, 2.45) is 0 Å². The largest absolute Gasteiger partial charge is 0.359 e. The average Bonchev–Trinajstić information content (AvgIpc) is 3.10. The fourth-order valence-electron chi connectivity index (χ4n) is 3.07. The second-order valence-corrected chi connectivity index (χ2v) is 6.51. The fraction of sp³-hybridized carbons (Fsp3) is 0.200. The predicted octanol–water partition coefficient (Wildman–Crippen LogP) is 2.68. The Morgan fingerprint density at radius 3 is 2.78 bits per heavy atom. The summed E-state index contributed by atoms with van der Waals surface area (Å²) in [6.07, 6.45) is 1.72. The third kappa shape index (κ3) is 3.63. The monoisotopic (exact) mass is 361 g/mol. The summed E-state index contributed by atoms with van der Waals surface area (Å²) in [5.74, 6) is 0.728. The van der Waals surface area contributed by atoms with Gasteiger partial charge in [0.2, 0.25) is 0 Å². The molecule has 0 unspecified atom stereocenters. The minimum atomic E-state index is -0.0707. The second-order valence-electron chi connectivity index (χ2n) is 6.51. The van der Waals surface area contributed by atoms with Crippen LogP contribution in [0.15, 0.2) is 64.0 Å². The second kappa shape index (κ2) is 7.13. The topological polar surface area (TPSA) is 76.5 Å². The first-order valence-electron chi connectivity index (χ1n) is 8.64. The molecular weight excluding hydrogens is 342 g/mol. The van der Waals surface area contributed by atoms with Gasteiger partial charge in [-0.3, -0.25) is 19.1 Å². The van der Waals surface area contributed by atoms with E-state index in [0.717, 1.165) is 22.8 Å². The Morgan fingerprint density at radius 1 is 1.07 bits per heavy atom. The lowest BCUT2D eigenvalue weighted by Gasteiger charge is -2.14. The van der Waals surface area contributed by atoms with Crippen molar-refractivity contribution in [1.29, 1.82) is 0 Å². The van der Waals surface area contributed by atoms with Gasteiger partial charge in [0.25, 0.3) is 5.56 Å². The van der Waals surface area contributed by atoms with Crippen molar-refractivity contribution in [2.45, 2.75) is 20.0 Å². The number of aromatic nitrogens is 4. The van der Waals surface area contributed by atoms with E-state index in [1.165, 1.54) is 0 Å². The normalized spacial score (nSPS) is 11.4. The van der Waals surface area contributed by atoms with Crippen LogP contribution >= 0.6 is 0 Å². The molecule has 0 fully saturated rings. The third-order valence-corrected chi connectivity index (χ3v) is 4.28. The SMILES string of the molecule is Cc1cccc2nc(CN(C)Cc3cc(-c4ccccn4)no3)cc(=O)n12. The Labute approximate surface area is 155 Å². The Bertz CT molecular complexity index is 1130. The molecule has 136 valence electrons. The summed E-state index contributed by atoms with van der Waals surface area (Å²) >= 11 is 0. The van der Waals surface area contributed by atoms with Gasteiger partial charge in [-0.1, -0.05) is 17.3 Å². The molecule has 4 heterocycles. The lowest BCUT2D eigenvalue weighted by Crippen LogP contribution is -2.22. The summed E-state index contributed by atoms with van der Waals surface area (Å²) in [4.78, 5) is 23.3. The third-order valence-electron chi connectivity index (χ3n) is 4.28. The predicted molar refractivity (Wildman–Crippen MR) is 101 cm³/mol. The van der Waals surface area contributed by atoms with Gasteiger partial charge < -0.3 is 4.52 Å². The molecule has 0 radical (unpaired) electrons. The molecule has 0 atom stereocenters. The fourth-order valence-corrected chi connectivity index (χ4v) is 3.07. The molecule has 0 saturated heterocycles. The number of pyridine rings is 2. The van der Waals surface area contributed by atoms with Crippen LogP contribution in [-0.4, -0.2) is 31.5 Å². The van der Waals surface area contributed by atoms with Crippen LogP contribution in [0.5, 0.6) is 0 Å². The quantitative estimate of drug-likeness (QED) is 0.544. The zero-order valence-corrected chi connectivity index (χ0v) is 15.2. The van der Waals surface area contributed by atoms with E-state index in [-0.39, 0.29) is 5.56 Å². The number of aryl methyl sites for hydroxylation is 1. The summed E-state index contributed by atoms with van der Waals surface area (Å²) in [6.45, 7) is 2.97. The van der Waals surface area contributed by atoms with Crippen molar-refractivity contribution < 1.29 is 4.52 Å². The highest BCUT2D eigenvalue weighted by molar-refractivity contribution is 5.53. The number of fused-ring (bicyclic) bond motifs is 1. The van der Waals surface area contributed by atoms with E-state index in [4.69, 9.17) is 4.52 Å². The van der Waals surface area contributed by atoms with Crippen LogP contribution in [0.2, 0.25) is 0 Å². The van der Waals surface area contributed by atoms with Crippen molar-refractivity contribution in [1.82, 2.24) is 24.4 Å². The number of hydrogen-bond acceptors (Lipinski definition) is 6. The van der Waals surface area contributed by atoms with E-state index in [1.54, 1.807) is 16.7 Å². The first-order valence-corrected chi connectivity index (χ1v) is 8.64. The molecule has 0 aliphatic rings. The van der Waals surface area contributed by atoms with Gasteiger partial charge >= 0.3 is 0 Å². The van der Waals surface area contributed by atoms with Gasteiger partial charge in [0.05, 0.1) is 17.9 Å². The smallest absolute Gasteiger partial charge is 0.258 e. The van der Waals surface area contributed by atoms with Crippen molar-refractivity contribution in [2.75, 3.05) is 7.05 Å². The standard InChI is InChI=1S/C20H19N5O2/c1-14-6-5-8-19-22-15(10-20(26)25(14)19)12-24(2)13-16-11-18(23-27-16)17-7-3-4-9-21-17/h3-11H,12-13H2,1-2H3. The molecule has 0 N–H and O–H groups in total. The van der Waals surface area contributed by atoms with Gasteiger partial charge in [-0.25, -0.2) is 4.98 Å². The molecule has 0 aliphatic carbocycles. The van der Waals surface area contributed by atoms with Crippen molar-refractivity contribution in [3.05, 3.63) is 82.2 Å². The average molecular weight is 361 g/mol. The van der Waals surface area contributed by atoms with E-state index in [1.807, 2.05) is 61.3 Å². The maximum atomic E-state index is 12.4. The van der Waals surface area contributed by atoms with Crippen LogP contribution in [0.3, 0.4) is 0 Å². The lowest BCUT2D eigenvalue weighted by atomic mass is 10.2. The molecule has 4 aromatic rings. The van der Waals surface area contributed by atoms with Gasteiger partial charge in [-0.15, -0.1) is 0 Å². The van der Waals surface area contributed by atoms with Crippen LogP contribution in [-0.2, 0) is 13.1 Å². The molecular formula is C20H19N5O2. The minimum absolute atomic E-state index is 0.0707. The molecule has 0 bridgehead atoms. The summed E-state index contributed by atoms with van der Waals surface area (Å²) in [6, 6.07) is 14.8. The zero-order chi connectivity index (χ0) is 18.8. The number of nitrogens with zero attached hydrogens (tertiary/aromatic N) is 5. The van der Waals surface area contributed by atoms with E-state index in [0.29, 0.717) is 24.4 Å². The van der Waals surface area contributed by atoms with Crippen molar-refractivity contribution >= 4 is 5.65 Å². The molecule has 0 aromatic carbocycles. The first-order chi connectivity index (χ1) is 13.1. The van der Waals surface area contributed by atoms with Crippen LogP contribution in [0.25, 0.3) is 17.0 Å². The Balaban J connectivity index is 1.50. The Hall–Kier alpha value is -3.32. The van der Waals surface area contributed by atoms with Gasteiger partial charge in [0.15, 0.2) is 5.76 Å². The van der Waals surface area contributed by atoms with Gasteiger partial charge in [0, 0.05) is 30.6 Å². The summed E-state index contributed by atoms with van der Waals surface area (Å²) in [7, 11) is 1.95. The summed E-state index contributed by atoms with van der Waals surface area (Å²) in [5.41, 5.74) is 3.65. The van der Waals surface area contributed by atoms with Crippen molar-refractivity contribution in [3.8, 4) is 11.4 Å². The van der Waals surface area contributed by atoms with Crippen LogP contribution < -0.4 is 5.56 Å². The molecule has 7 nitrogen and oxygen atoms in total. The number of rotatable bonds is 5. The maximum absolute atomic E-state index is 12.4. The van der Waals surface area contributed by atoms with E-state index in [9.17, 15) is 4.79 Å². The molecule has 0 amide bonds. The van der Waals surface area contributed by atoms with Crippen LogP contribution in [0, 0.1) is 6.92 Å². The lowest BCUT2D eigenvalue weighted by molar-refractivity contribution is 0.264. The highest BCUT2D eigenvalue weighted by atomic mass is 16.5. The van der Waals surface area contributed by atoms with Crippen LogP contribution in [0.1, 0.15) is 17.1 Å². The molecule has 0 spiro atoms. The zero-order valence-electron chi connectivity index (χ0n) is 15.2. The highest BCUT2D eigenvalue weighted by Crippen LogP contribution is 2.17. The van der Waals surface area contributed by atoms with Crippen LogP contribution in [0.4, 0.5) is 0 Å². The molecule has 4 aromatic heterocycles. The molecule has 27 heavy (non-hydrogen) atoms. The molecule has 4 rings (SSSR count). The first kappa shape index (κ1) is 17.1. The van der Waals surface area contributed by atoms with E-state index in [2.05, 4.69) is 15.1 Å². The highest BCUT2D eigenvalue weighted by Gasteiger charge is 2.11. The summed E-state index contributed by atoms with van der Waals surface area (Å²) in [5, 5.41) is 4.08. The Morgan fingerprint density at radius 2 is 1.96 bits per heavy atom. The maximum Gasteiger partial charge on any atom is 0.258 e. The minimum Gasteiger partial charge on any atom is -0.359 e. The summed E-state index contributed by atoms with van der Waals surface area (Å²) < 4.78 is 7.03. The van der Waals surface area contributed by atoms with Crippen molar-refractivity contribution in [3.63, 3.8) is 0 Å². The van der Waals surface area contributed by atoms with E-state index >= 15 is 0 Å². The molecule has 0 aliphatic heterocycles. The molecule has 7 heteroatoms. The van der Waals surface area contributed by atoms with Gasteiger partial charge in [-0.05, 0) is 38.2 Å². The van der Waals surface area contributed by atoms with Gasteiger partial charge in [0.1, 0.15) is 11.3 Å².